The van der Waals surface area contributed by atoms with E-state index in [1.165, 1.54) is 0 Å². The van der Waals surface area contributed by atoms with Crippen LogP contribution in [-0.4, -0.2) is 20.2 Å². The first-order chi connectivity index (χ1) is 11.7. The Hall–Kier alpha value is -2.26. The summed E-state index contributed by atoms with van der Waals surface area (Å²) in [5.74, 6) is -1.57. The molecule has 0 aromatic carbocycles. The quantitative estimate of drug-likeness (QED) is 0.747. The lowest BCUT2D eigenvalue weighted by Gasteiger charge is -2.25. The first kappa shape index (κ1) is 17.6. The fourth-order valence-corrected chi connectivity index (χ4v) is 3.41. The molecule has 0 saturated carbocycles. The molecule has 0 aliphatic heterocycles. The van der Waals surface area contributed by atoms with Crippen LogP contribution in [-0.2, 0) is 11.8 Å². The maximum absolute atomic E-state index is 12.6. The van der Waals surface area contributed by atoms with Crippen LogP contribution in [0.2, 0.25) is 0 Å². The molecular formula is C16H14F3N3O2S. The van der Waals surface area contributed by atoms with E-state index in [9.17, 15) is 18.3 Å². The minimum absolute atomic E-state index is 0.168. The smallest absolute Gasteiger partial charge is 0.378 e. The molecule has 25 heavy (non-hydrogen) atoms. The average Bonchev–Trinajstić information content (AvgIpc) is 3.23. The van der Waals surface area contributed by atoms with Gasteiger partial charge in [-0.3, -0.25) is 4.98 Å². The molecule has 0 radical (unpaired) electrons. The standard InChI is InChI=1S/C16H14F3N3O2S/c1-3-15(23,11-6-4-9(2)8-20-11)12-7-5-10(25-12)13-21-14(24-22-13)16(17,18)19/h4-8,23H,3H2,1-2H3. The van der Waals surface area contributed by atoms with Crippen molar-refractivity contribution in [2.24, 2.45) is 0 Å². The van der Waals surface area contributed by atoms with Crippen molar-refractivity contribution in [2.45, 2.75) is 32.0 Å². The highest BCUT2D eigenvalue weighted by molar-refractivity contribution is 7.15. The summed E-state index contributed by atoms with van der Waals surface area (Å²) in [6.07, 6.45) is -2.69. The number of aromatic nitrogens is 3. The summed E-state index contributed by atoms with van der Waals surface area (Å²) in [5, 5.41) is 14.4. The van der Waals surface area contributed by atoms with Crippen molar-refractivity contribution < 1.29 is 22.8 Å². The summed E-state index contributed by atoms with van der Waals surface area (Å²) < 4.78 is 42.0. The number of pyridine rings is 1. The van der Waals surface area contributed by atoms with Crippen LogP contribution < -0.4 is 0 Å². The van der Waals surface area contributed by atoms with Crippen LogP contribution in [0.15, 0.2) is 35.0 Å². The van der Waals surface area contributed by atoms with Crippen LogP contribution >= 0.6 is 11.3 Å². The van der Waals surface area contributed by atoms with Gasteiger partial charge in [-0.2, -0.15) is 18.2 Å². The molecule has 3 aromatic rings. The van der Waals surface area contributed by atoms with Crippen molar-refractivity contribution in [1.29, 1.82) is 0 Å². The van der Waals surface area contributed by atoms with Gasteiger partial charge >= 0.3 is 12.1 Å². The van der Waals surface area contributed by atoms with Crippen molar-refractivity contribution in [3.05, 3.63) is 52.5 Å². The normalized spacial score (nSPS) is 14.5. The summed E-state index contributed by atoms with van der Waals surface area (Å²) in [4.78, 5) is 8.55. The third kappa shape index (κ3) is 3.29. The fraction of sp³-hybridized carbons (Fsp3) is 0.312. The van der Waals surface area contributed by atoms with E-state index < -0.39 is 17.7 Å². The van der Waals surface area contributed by atoms with Gasteiger partial charge in [-0.05, 0) is 37.1 Å². The zero-order valence-corrected chi connectivity index (χ0v) is 14.1. The molecule has 0 spiro atoms. The van der Waals surface area contributed by atoms with Crippen LogP contribution in [0, 0.1) is 6.92 Å². The van der Waals surface area contributed by atoms with Gasteiger partial charge in [0.15, 0.2) is 0 Å². The van der Waals surface area contributed by atoms with E-state index in [1.807, 2.05) is 13.0 Å². The molecule has 1 N–H and O–H groups in total. The predicted molar refractivity (Wildman–Crippen MR) is 84.9 cm³/mol. The van der Waals surface area contributed by atoms with Gasteiger partial charge in [0.2, 0.25) is 5.82 Å². The van der Waals surface area contributed by atoms with Crippen LogP contribution in [0.4, 0.5) is 13.2 Å². The molecular weight excluding hydrogens is 355 g/mol. The van der Waals surface area contributed by atoms with E-state index in [2.05, 4.69) is 19.6 Å². The van der Waals surface area contributed by atoms with Crippen LogP contribution in [0.3, 0.4) is 0 Å². The number of hydrogen-bond acceptors (Lipinski definition) is 6. The van der Waals surface area contributed by atoms with Gasteiger partial charge in [0.05, 0.1) is 10.6 Å². The molecule has 0 aliphatic rings. The number of aryl methyl sites for hydroxylation is 1. The van der Waals surface area contributed by atoms with Gasteiger partial charge in [0.25, 0.3) is 0 Å². The summed E-state index contributed by atoms with van der Waals surface area (Å²) >= 11 is 1.10. The second kappa shape index (κ2) is 6.23. The Kier molecular flexibility index (Phi) is 4.38. The van der Waals surface area contributed by atoms with E-state index in [0.717, 1.165) is 16.9 Å². The fourth-order valence-electron chi connectivity index (χ4n) is 2.31. The molecule has 0 saturated heterocycles. The molecule has 0 bridgehead atoms. The Bertz CT molecular complexity index is 873. The summed E-state index contributed by atoms with van der Waals surface area (Å²) in [5.41, 5.74) is 0.0892. The van der Waals surface area contributed by atoms with E-state index in [0.29, 0.717) is 21.9 Å². The van der Waals surface area contributed by atoms with Crippen molar-refractivity contribution in [1.82, 2.24) is 15.1 Å². The Labute approximate surface area is 145 Å². The number of thiophene rings is 1. The van der Waals surface area contributed by atoms with E-state index in [1.54, 1.807) is 31.3 Å². The maximum Gasteiger partial charge on any atom is 0.471 e. The van der Waals surface area contributed by atoms with Crippen molar-refractivity contribution in [2.75, 3.05) is 0 Å². The largest absolute Gasteiger partial charge is 0.471 e. The molecule has 1 unspecified atom stereocenters. The molecule has 3 aromatic heterocycles. The monoisotopic (exact) mass is 369 g/mol. The number of hydrogen-bond donors (Lipinski definition) is 1. The van der Waals surface area contributed by atoms with Gasteiger partial charge in [-0.25, -0.2) is 0 Å². The van der Waals surface area contributed by atoms with Gasteiger partial charge in [-0.15, -0.1) is 11.3 Å². The number of nitrogens with zero attached hydrogens (tertiary/aromatic N) is 3. The Balaban J connectivity index is 1.96. The first-order valence-corrected chi connectivity index (χ1v) is 8.23. The average molecular weight is 369 g/mol. The second-order valence-corrected chi connectivity index (χ2v) is 6.60. The number of aliphatic hydroxyl groups is 1. The Morgan fingerprint density at radius 2 is 1.96 bits per heavy atom. The van der Waals surface area contributed by atoms with Crippen LogP contribution in [0.25, 0.3) is 10.7 Å². The predicted octanol–water partition coefficient (Wildman–Crippen LogP) is 4.17. The number of alkyl halides is 3. The minimum atomic E-state index is -4.69. The zero-order chi connectivity index (χ0) is 18.2. The third-order valence-electron chi connectivity index (χ3n) is 3.75. The molecule has 0 amide bonds. The molecule has 3 rings (SSSR count). The highest BCUT2D eigenvalue weighted by Gasteiger charge is 2.39. The third-order valence-corrected chi connectivity index (χ3v) is 4.98. The Morgan fingerprint density at radius 3 is 2.52 bits per heavy atom. The summed E-state index contributed by atoms with van der Waals surface area (Å²) in [6.45, 7) is 3.69. The topological polar surface area (TPSA) is 72.0 Å². The van der Waals surface area contributed by atoms with Gasteiger partial charge in [0.1, 0.15) is 5.60 Å². The van der Waals surface area contributed by atoms with Gasteiger partial charge < -0.3 is 9.63 Å². The molecule has 132 valence electrons. The van der Waals surface area contributed by atoms with Crippen molar-refractivity contribution in [3.8, 4) is 10.7 Å². The minimum Gasteiger partial charge on any atom is -0.378 e. The van der Waals surface area contributed by atoms with Crippen LogP contribution in [0.5, 0.6) is 0 Å². The maximum atomic E-state index is 12.6. The highest BCUT2D eigenvalue weighted by atomic mass is 32.1. The van der Waals surface area contributed by atoms with Gasteiger partial charge in [0, 0.05) is 11.1 Å². The molecule has 5 nitrogen and oxygen atoms in total. The van der Waals surface area contributed by atoms with Crippen molar-refractivity contribution in [3.63, 3.8) is 0 Å². The SMILES string of the molecule is CCC(O)(c1ccc(C)cn1)c1ccc(-c2noc(C(F)(F)F)n2)s1. The summed E-state index contributed by atoms with van der Waals surface area (Å²) in [7, 11) is 0. The molecule has 1 atom stereocenters. The van der Waals surface area contributed by atoms with E-state index in [4.69, 9.17) is 0 Å². The highest BCUT2D eigenvalue weighted by Crippen LogP contribution is 2.39. The molecule has 9 heteroatoms. The van der Waals surface area contributed by atoms with Crippen LogP contribution in [0.1, 0.15) is 35.4 Å². The number of halogens is 3. The molecule has 0 aliphatic carbocycles. The zero-order valence-electron chi connectivity index (χ0n) is 13.3. The lowest BCUT2D eigenvalue weighted by atomic mass is 9.93. The second-order valence-electron chi connectivity index (χ2n) is 5.52. The van der Waals surface area contributed by atoms with Crippen molar-refractivity contribution >= 4 is 11.3 Å². The van der Waals surface area contributed by atoms with Gasteiger partial charge in [-0.1, -0.05) is 18.1 Å². The molecule has 3 heterocycles. The first-order valence-electron chi connectivity index (χ1n) is 7.41. The molecule has 0 fully saturated rings. The van der Waals surface area contributed by atoms with E-state index in [-0.39, 0.29) is 5.82 Å². The lowest BCUT2D eigenvalue weighted by molar-refractivity contribution is -0.159. The number of rotatable bonds is 4. The summed E-state index contributed by atoms with van der Waals surface area (Å²) in [6, 6.07) is 6.76. The lowest BCUT2D eigenvalue weighted by Crippen LogP contribution is -2.26. The Morgan fingerprint density at radius 1 is 1.20 bits per heavy atom. The van der Waals surface area contributed by atoms with E-state index >= 15 is 0 Å².